The van der Waals surface area contributed by atoms with E-state index in [1.165, 1.54) is 37.4 Å². The Labute approximate surface area is 153 Å². The van der Waals surface area contributed by atoms with Crippen LogP contribution >= 0.6 is 11.8 Å². The molecule has 0 aliphatic heterocycles. The summed E-state index contributed by atoms with van der Waals surface area (Å²) in [5.74, 6) is 1.96. The molecule has 1 amide bonds. The monoisotopic (exact) mass is 358 g/mol. The summed E-state index contributed by atoms with van der Waals surface area (Å²) in [5.41, 5.74) is 3.15. The maximum absolute atomic E-state index is 12.3. The van der Waals surface area contributed by atoms with Crippen LogP contribution in [0.4, 0.5) is 5.69 Å². The Bertz CT molecular complexity index is 730. The predicted octanol–water partition coefficient (Wildman–Crippen LogP) is 4.30. The van der Waals surface area contributed by atoms with Crippen LogP contribution in [0.25, 0.3) is 0 Å². The molecular formula is C19H26N4OS. The Hall–Kier alpha value is -1.82. The molecular weight excluding hydrogens is 332 g/mol. The van der Waals surface area contributed by atoms with E-state index >= 15 is 0 Å². The Kier molecular flexibility index (Phi) is 5.78. The highest BCUT2D eigenvalue weighted by molar-refractivity contribution is 7.99. The van der Waals surface area contributed by atoms with E-state index in [1.807, 2.05) is 26.0 Å². The van der Waals surface area contributed by atoms with E-state index in [4.69, 9.17) is 0 Å². The second-order valence-electron chi connectivity index (χ2n) is 6.78. The molecule has 1 aromatic carbocycles. The van der Waals surface area contributed by atoms with Crippen molar-refractivity contribution in [3.63, 3.8) is 0 Å². The van der Waals surface area contributed by atoms with Crippen LogP contribution in [-0.4, -0.2) is 26.4 Å². The van der Waals surface area contributed by atoms with E-state index < -0.39 is 0 Å². The third kappa shape index (κ3) is 4.42. The summed E-state index contributed by atoms with van der Waals surface area (Å²) in [7, 11) is 0. The van der Waals surface area contributed by atoms with E-state index in [1.54, 1.807) is 0 Å². The van der Waals surface area contributed by atoms with Crippen molar-refractivity contribution in [1.29, 1.82) is 0 Å². The molecule has 1 heterocycles. The number of rotatable bonds is 6. The van der Waals surface area contributed by atoms with Crippen LogP contribution in [0.1, 0.15) is 55.5 Å². The molecule has 0 bridgehead atoms. The predicted molar refractivity (Wildman–Crippen MR) is 102 cm³/mol. The standard InChI is InChI=1S/C19H26N4OS/c1-4-23-18(15-7-5-6-8-15)21-22-19(23)25-12-17(24)20-16-10-13(2)9-14(3)11-16/h9-11,15H,4-8,12H2,1-3H3,(H,20,24). The smallest absolute Gasteiger partial charge is 0.234 e. The maximum Gasteiger partial charge on any atom is 0.234 e. The number of thioether (sulfide) groups is 1. The number of benzene rings is 1. The van der Waals surface area contributed by atoms with Gasteiger partial charge in [0.2, 0.25) is 5.91 Å². The molecule has 1 aliphatic rings. The molecule has 6 heteroatoms. The van der Waals surface area contributed by atoms with Gasteiger partial charge in [-0.3, -0.25) is 4.79 Å². The van der Waals surface area contributed by atoms with E-state index in [2.05, 4.69) is 33.1 Å². The van der Waals surface area contributed by atoms with E-state index in [0.717, 1.165) is 34.3 Å². The first-order valence-electron chi connectivity index (χ1n) is 9.01. The number of amides is 1. The number of nitrogens with zero attached hydrogens (tertiary/aromatic N) is 3. The highest BCUT2D eigenvalue weighted by Crippen LogP contribution is 2.34. The van der Waals surface area contributed by atoms with Crippen molar-refractivity contribution >= 4 is 23.4 Å². The number of hydrogen-bond donors (Lipinski definition) is 1. The molecule has 1 aliphatic carbocycles. The Balaban J connectivity index is 1.62. The Morgan fingerprint density at radius 3 is 2.52 bits per heavy atom. The van der Waals surface area contributed by atoms with Gasteiger partial charge in [0.05, 0.1) is 5.75 Å². The lowest BCUT2D eigenvalue weighted by Gasteiger charge is -2.11. The van der Waals surface area contributed by atoms with E-state index in [0.29, 0.717) is 11.7 Å². The van der Waals surface area contributed by atoms with Gasteiger partial charge in [-0.2, -0.15) is 0 Å². The van der Waals surface area contributed by atoms with Crippen LogP contribution in [0.2, 0.25) is 0 Å². The lowest BCUT2D eigenvalue weighted by molar-refractivity contribution is -0.113. The molecule has 0 atom stereocenters. The molecule has 0 radical (unpaired) electrons. The lowest BCUT2D eigenvalue weighted by atomic mass is 10.1. The average molecular weight is 359 g/mol. The highest BCUT2D eigenvalue weighted by atomic mass is 32.2. The second kappa shape index (κ2) is 8.04. The molecule has 0 spiro atoms. The van der Waals surface area contributed by atoms with Gasteiger partial charge in [0.15, 0.2) is 5.16 Å². The Morgan fingerprint density at radius 1 is 1.20 bits per heavy atom. The number of anilines is 1. The maximum atomic E-state index is 12.3. The molecule has 1 N–H and O–H groups in total. The van der Waals surface area contributed by atoms with Crippen LogP contribution in [0.3, 0.4) is 0 Å². The van der Waals surface area contributed by atoms with Gasteiger partial charge >= 0.3 is 0 Å². The van der Waals surface area contributed by atoms with Gasteiger partial charge in [0.1, 0.15) is 5.82 Å². The van der Waals surface area contributed by atoms with Crippen LogP contribution in [0, 0.1) is 13.8 Å². The van der Waals surface area contributed by atoms with E-state index in [9.17, 15) is 4.79 Å². The van der Waals surface area contributed by atoms with Crippen LogP contribution in [0.5, 0.6) is 0 Å². The minimum atomic E-state index is -0.0110. The summed E-state index contributed by atoms with van der Waals surface area (Å²) in [6, 6.07) is 6.07. The zero-order valence-electron chi connectivity index (χ0n) is 15.2. The molecule has 5 nitrogen and oxygen atoms in total. The topological polar surface area (TPSA) is 59.8 Å². The molecule has 134 valence electrons. The van der Waals surface area contributed by atoms with Crippen molar-refractivity contribution in [2.75, 3.05) is 11.1 Å². The summed E-state index contributed by atoms with van der Waals surface area (Å²) in [6.07, 6.45) is 4.97. The molecule has 0 unspecified atom stereocenters. The van der Waals surface area contributed by atoms with Crippen molar-refractivity contribution < 1.29 is 4.79 Å². The normalized spacial score (nSPS) is 14.8. The van der Waals surface area contributed by atoms with Crippen LogP contribution in [-0.2, 0) is 11.3 Å². The summed E-state index contributed by atoms with van der Waals surface area (Å²) >= 11 is 1.46. The summed E-state index contributed by atoms with van der Waals surface area (Å²) in [4.78, 5) is 12.3. The quantitative estimate of drug-likeness (QED) is 0.782. The van der Waals surface area contributed by atoms with Gasteiger partial charge in [0.25, 0.3) is 0 Å². The SMILES string of the molecule is CCn1c(SCC(=O)Nc2cc(C)cc(C)c2)nnc1C1CCCC1. The zero-order chi connectivity index (χ0) is 17.8. The van der Waals surface area contributed by atoms with Gasteiger partial charge < -0.3 is 9.88 Å². The summed E-state index contributed by atoms with van der Waals surface area (Å²) < 4.78 is 2.17. The third-order valence-electron chi connectivity index (χ3n) is 4.62. The van der Waals surface area contributed by atoms with Gasteiger partial charge in [-0.15, -0.1) is 10.2 Å². The second-order valence-corrected chi connectivity index (χ2v) is 7.72. The Morgan fingerprint density at radius 2 is 1.88 bits per heavy atom. The van der Waals surface area contributed by atoms with Gasteiger partial charge in [0, 0.05) is 18.2 Å². The van der Waals surface area contributed by atoms with Crippen molar-refractivity contribution in [3.05, 3.63) is 35.2 Å². The number of hydrogen-bond acceptors (Lipinski definition) is 4. The average Bonchev–Trinajstić information content (AvgIpc) is 3.20. The fourth-order valence-corrected chi connectivity index (χ4v) is 4.37. The zero-order valence-corrected chi connectivity index (χ0v) is 16.0. The summed E-state index contributed by atoms with van der Waals surface area (Å²) in [6.45, 7) is 7.03. The van der Waals surface area contributed by atoms with Gasteiger partial charge in [-0.05, 0) is 56.9 Å². The molecule has 3 rings (SSSR count). The largest absolute Gasteiger partial charge is 0.325 e. The summed E-state index contributed by atoms with van der Waals surface area (Å²) in [5, 5.41) is 12.6. The number of aryl methyl sites for hydroxylation is 2. The molecule has 25 heavy (non-hydrogen) atoms. The van der Waals surface area contributed by atoms with Crippen LogP contribution < -0.4 is 5.32 Å². The van der Waals surface area contributed by atoms with Crippen molar-refractivity contribution in [2.24, 2.45) is 0 Å². The molecule has 0 saturated heterocycles. The van der Waals surface area contributed by atoms with Crippen molar-refractivity contribution in [3.8, 4) is 0 Å². The van der Waals surface area contributed by atoms with Crippen molar-refractivity contribution in [2.45, 2.75) is 64.1 Å². The molecule has 1 saturated carbocycles. The minimum absolute atomic E-state index is 0.0110. The first-order valence-corrected chi connectivity index (χ1v) is 9.99. The molecule has 2 aromatic rings. The third-order valence-corrected chi connectivity index (χ3v) is 5.59. The van der Waals surface area contributed by atoms with Gasteiger partial charge in [-0.25, -0.2) is 0 Å². The number of nitrogens with one attached hydrogen (secondary N) is 1. The number of carbonyl (C=O) groups is 1. The highest BCUT2D eigenvalue weighted by Gasteiger charge is 2.24. The minimum Gasteiger partial charge on any atom is -0.325 e. The lowest BCUT2D eigenvalue weighted by Crippen LogP contribution is -2.15. The van der Waals surface area contributed by atoms with E-state index in [-0.39, 0.29) is 5.91 Å². The molecule has 1 aromatic heterocycles. The van der Waals surface area contributed by atoms with Gasteiger partial charge in [-0.1, -0.05) is 30.7 Å². The number of carbonyl (C=O) groups excluding carboxylic acids is 1. The first kappa shape index (κ1) is 18.0. The molecule has 1 fully saturated rings. The van der Waals surface area contributed by atoms with Crippen LogP contribution in [0.15, 0.2) is 23.4 Å². The van der Waals surface area contributed by atoms with Crippen molar-refractivity contribution in [1.82, 2.24) is 14.8 Å². The first-order chi connectivity index (χ1) is 12.1. The fourth-order valence-electron chi connectivity index (χ4n) is 3.56. The fraction of sp³-hybridized carbons (Fsp3) is 0.526. The number of aromatic nitrogens is 3.